The van der Waals surface area contributed by atoms with Crippen LogP contribution in [0.4, 0.5) is 5.82 Å². The van der Waals surface area contributed by atoms with Gasteiger partial charge in [0, 0.05) is 6.20 Å². The summed E-state index contributed by atoms with van der Waals surface area (Å²) < 4.78 is 17.3. The van der Waals surface area contributed by atoms with Crippen LogP contribution in [0.25, 0.3) is 11.0 Å². The smallest absolute Gasteiger partial charge is 0.343 e. The lowest BCUT2D eigenvalue weighted by molar-refractivity contribution is 0.0526. The summed E-state index contributed by atoms with van der Waals surface area (Å²) in [4.78, 5) is 27.0. The molecule has 3 rings (SSSR count). The molecule has 9 heteroatoms. The van der Waals surface area contributed by atoms with Crippen LogP contribution in [0.5, 0.6) is 0 Å². The molecule has 124 valence electrons. The van der Waals surface area contributed by atoms with E-state index >= 15 is 0 Å². The van der Waals surface area contributed by atoms with Crippen molar-refractivity contribution in [2.45, 2.75) is 17.8 Å². The van der Waals surface area contributed by atoms with Crippen molar-refractivity contribution < 1.29 is 13.7 Å². The maximum Gasteiger partial charge on any atom is 0.343 e. The molecule has 0 saturated heterocycles. The zero-order chi connectivity index (χ0) is 17.1. The lowest BCUT2D eigenvalue weighted by Crippen LogP contribution is -2.12. The normalized spacial score (nSPS) is 12.2. The Morgan fingerprint density at radius 1 is 1.33 bits per heavy atom. The Labute approximate surface area is 139 Å². The average molecular weight is 345 g/mol. The predicted molar refractivity (Wildman–Crippen MR) is 88.6 cm³/mol. The van der Waals surface area contributed by atoms with Gasteiger partial charge in [0.05, 0.1) is 34.2 Å². The molecule has 0 fully saturated rings. The van der Waals surface area contributed by atoms with Crippen LogP contribution in [0, 0.1) is 0 Å². The second-order valence-electron chi connectivity index (χ2n) is 4.85. The summed E-state index contributed by atoms with van der Waals surface area (Å²) >= 11 is 0. The van der Waals surface area contributed by atoms with E-state index < -0.39 is 16.8 Å². The van der Waals surface area contributed by atoms with Crippen LogP contribution in [0.2, 0.25) is 0 Å². The highest BCUT2D eigenvalue weighted by molar-refractivity contribution is 7.84. The second-order valence-corrected chi connectivity index (χ2v) is 6.22. The molecular weight excluding hydrogens is 330 g/mol. The Balaban J connectivity index is 1.79. The molecule has 0 bridgehead atoms. The fourth-order valence-corrected chi connectivity index (χ4v) is 3.03. The number of H-pyrrole nitrogens is 1. The number of imidazole rings is 1. The van der Waals surface area contributed by atoms with Gasteiger partial charge < -0.3 is 15.5 Å². The minimum absolute atomic E-state index is 0.0000519. The van der Waals surface area contributed by atoms with Crippen LogP contribution in [0.3, 0.4) is 0 Å². The molecule has 8 nitrogen and oxygen atoms in total. The molecule has 3 aromatic rings. The Morgan fingerprint density at radius 2 is 2.12 bits per heavy atom. The number of fused-ring (bicyclic) bond motifs is 1. The summed E-state index contributed by atoms with van der Waals surface area (Å²) in [5, 5.41) is 0.341. The van der Waals surface area contributed by atoms with Crippen molar-refractivity contribution in [3.8, 4) is 0 Å². The molecule has 3 N–H and O–H groups in total. The van der Waals surface area contributed by atoms with Crippen molar-refractivity contribution in [1.82, 2.24) is 19.9 Å². The molecule has 0 radical (unpaired) electrons. The first-order valence-corrected chi connectivity index (χ1v) is 8.52. The summed E-state index contributed by atoms with van der Waals surface area (Å²) in [6, 6.07) is 7.40. The van der Waals surface area contributed by atoms with E-state index in [0.29, 0.717) is 5.16 Å². The summed E-state index contributed by atoms with van der Waals surface area (Å²) in [5.74, 6) is -0.285. The van der Waals surface area contributed by atoms with Crippen LogP contribution >= 0.6 is 0 Å². The zero-order valence-electron chi connectivity index (χ0n) is 12.9. The van der Waals surface area contributed by atoms with Gasteiger partial charge in [-0.25, -0.2) is 19.7 Å². The fourth-order valence-electron chi connectivity index (χ4n) is 2.09. The van der Waals surface area contributed by atoms with Gasteiger partial charge in [-0.05, 0) is 19.1 Å². The highest BCUT2D eigenvalue weighted by Gasteiger charge is 2.16. The van der Waals surface area contributed by atoms with Crippen molar-refractivity contribution in [2.24, 2.45) is 0 Å². The minimum atomic E-state index is -1.46. The molecule has 2 aromatic heterocycles. The van der Waals surface area contributed by atoms with E-state index in [1.54, 1.807) is 6.92 Å². The van der Waals surface area contributed by atoms with Gasteiger partial charge in [0.1, 0.15) is 17.2 Å². The number of aromatic nitrogens is 4. The molecule has 1 unspecified atom stereocenters. The number of benzene rings is 1. The van der Waals surface area contributed by atoms with Crippen LogP contribution in [0.15, 0.2) is 35.6 Å². The van der Waals surface area contributed by atoms with Crippen LogP contribution in [-0.2, 0) is 21.3 Å². The molecule has 0 aliphatic rings. The van der Waals surface area contributed by atoms with E-state index in [9.17, 15) is 9.00 Å². The van der Waals surface area contributed by atoms with E-state index in [4.69, 9.17) is 10.5 Å². The molecule has 0 aliphatic carbocycles. The number of carbonyl (C=O) groups is 1. The lowest BCUT2D eigenvalue weighted by Gasteiger charge is -2.05. The molecule has 1 atom stereocenters. The number of para-hydroxylation sites is 2. The van der Waals surface area contributed by atoms with Gasteiger partial charge in [-0.15, -0.1) is 0 Å². The summed E-state index contributed by atoms with van der Waals surface area (Å²) in [6.45, 7) is 1.93. The third-order valence-corrected chi connectivity index (χ3v) is 4.35. The number of carbonyl (C=O) groups excluding carboxylic acids is 1. The number of anilines is 1. The van der Waals surface area contributed by atoms with Gasteiger partial charge in [-0.3, -0.25) is 4.21 Å². The quantitative estimate of drug-likeness (QED) is 0.670. The van der Waals surface area contributed by atoms with Gasteiger partial charge in [0.25, 0.3) is 0 Å². The van der Waals surface area contributed by atoms with E-state index in [1.807, 2.05) is 24.3 Å². The van der Waals surface area contributed by atoms with Gasteiger partial charge in [-0.1, -0.05) is 12.1 Å². The van der Waals surface area contributed by atoms with Crippen molar-refractivity contribution in [1.29, 1.82) is 0 Å². The first-order valence-electron chi connectivity index (χ1n) is 7.20. The Hall–Kier alpha value is -2.81. The van der Waals surface area contributed by atoms with Gasteiger partial charge in [-0.2, -0.15) is 0 Å². The third kappa shape index (κ3) is 3.25. The van der Waals surface area contributed by atoms with Crippen molar-refractivity contribution in [2.75, 3.05) is 12.3 Å². The maximum atomic E-state index is 12.4. The SMILES string of the molecule is CCOC(=O)c1cnc(CS(=O)c2nc3ccccc3[nH]2)nc1N. The van der Waals surface area contributed by atoms with E-state index in [0.717, 1.165) is 11.0 Å². The number of nitrogens with one attached hydrogen (secondary N) is 1. The first-order chi connectivity index (χ1) is 11.6. The zero-order valence-corrected chi connectivity index (χ0v) is 13.7. The minimum Gasteiger partial charge on any atom is -0.462 e. The van der Waals surface area contributed by atoms with Crippen molar-refractivity contribution in [3.63, 3.8) is 0 Å². The van der Waals surface area contributed by atoms with Crippen molar-refractivity contribution in [3.05, 3.63) is 41.9 Å². The standard InChI is InChI=1S/C15H15N5O3S/c1-2-23-14(21)9-7-17-12(20-13(9)16)8-24(22)15-18-10-5-3-4-6-11(10)19-15/h3-7H,2,8H2,1H3,(H,18,19)(H2,16,17,20). The number of hydrogen-bond donors (Lipinski definition) is 2. The molecule has 0 aliphatic heterocycles. The molecule has 0 spiro atoms. The molecule has 0 saturated carbocycles. The predicted octanol–water partition coefficient (Wildman–Crippen LogP) is 1.42. The first kappa shape index (κ1) is 16.1. The number of esters is 1. The van der Waals surface area contributed by atoms with E-state index in [-0.39, 0.29) is 29.6 Å². The highest BCUT2D eigenvalue weighted by atomic mass is 32.2. The average Bonchev–Trinajstić information content (AvgIpc) is 2.99. The van der Waals surface area contributed by atoms with E-state index in [2.05, 4.69) is 19.9 Å². The number of ether oxygens (including phenoxy) is 1. The highest BCUT2D eigenvalue weighted by Crippen LogP contribution is 2.15. The van der Waals surface area contributed by atoms with Crippen molar-refractivity contribution >= 4 is 33.6 Å². The second kappa shape index (κ2) is 6.75. The monoisotopic (exact) mass is 345 g/mol. The maximum absolute atomic E-state index is 12.4. The molecule has 0 amide bonds. The third-order valence-electron chi connectivity index (χ3n) is 3.21. The molecule has 24 heavy (non-hydrogen) atoms. The van der Waals surface area contributed by atoms with Crippen LogP contribution < -0.4 is 5.73 Å². The molecule has 2 heterocycles. The number of hydrogen-bond acceptors (Lipinski definition) is 7. The summed E-state index contributed by atoms with van der Waals surface area (Å²) in [5.41, 5.74) is 7.39. The largest absolute Gasteiger partial charge is 0.462 e. The number of nitrogens with zero attached hydrogens (tertiary/aromatic N) is 3. The van der Waals surface area contributed by atoms with E-state index in [1.165, 1.54) is 6.20 Å². The van der Waals surface area contributed by atoms with Gasteiger partial charge in [0.2, 0.25) is 0 Å². The summed E-state index contributed by atoms with van der Waals surface area (Å²) in [7, 11) is -1.46. The van der Waals surface area contributed by atoms with Gasteiger partial charge in [0.15, 0.2) is 5.16 Å². The Morgan fingerprint density at radius 3 is 2.83 bits per heavy atom. The molecular formula is C15H15N5O3S. The number of nitrogens with two attached hydrogens (primary N) is 1. The lowest BCUT2D eigenvalue weighted by atomic mass is 10.3. The Bertz CT molecular complexity index is 891. The topological polar surface area (TPSA) is 124 Å². The number of nitrogen functional groups attached to an aromatic ring is 1. The Kier molecular flexibility index (Phi) is 4.52. The number of rotatable bonds is 5. The van der Waals surface area contributed by atoms with Gasteiger partial charge >= 0.3 is 5.97 Å². The summed E-state index contributed by atoms with van der Waals surface area (Å²) in [6.07, 6.45) is 1.28. The van der Waals surface area contributed by atoms with Crippen LogP contribution in [-0.4, -0.2) is 36.7 Å². The van der Waals surface area contributed by atoms with Crippen LogP contribution in [0.1, 0.15) is 23.1 Å². The number of aromatic amines is 1. The fraction of sp³-hybridized carbons (Fsp3) is 0.200. The molecule has 1 aromatic carbocycles.